The molecule has 23 heavy (non-hydrogen) atoms. The van der Waals surface area contributed by atoms with Crippen LogP contribution in [-0.4, -0.2) is 50.5 Å². The molecule has 2 heterocycles. The lowest BCUT2D eigenvalue weighted by Gasteiger charge is -2.35. The van der Waals surface area contributed by atoms with Gasteiger partial charge in [0, 0.05) is 18.3 Å². The predicted molar refractivity (Wildman–Crippen MR) is 91.6 cm³/mol. The monoisotopic (exact) mass is 358 g/mol. The Morgan fingerprint density at radius 1 is 1.26 bits per heavy atom. The fourth-order valence-corrected chi connectivity index (χ4v) is 5.68. The highest BCUT2D eigenvalue weighted by Crippen LogP contribution is 2.26. The molecule has 0 bridgehead atoms. The third-order valence-corrected chi connectivity index (χ3v) is 7.31. The van der Waals surface area contributed by atoms with E-state index in [1.54, 1.807) is 0 Å². The average Bonchev–Trinajstić information content (AvgIpc) is 3.08. The number of likely N-dealkylation sites (tertiary alicyclic amines) is 1. The molecule has 1 unspecified atom stereocenters. The third kappa shape index (κ3) is 4.47. The lowest BCUT2D eigenvalue weighted by Crippen LogP contribution is -2.43. The SMILES string of the molecule is O=S(=O)(NCC1CCN(C2CCSC2)CC1)c1cccc(F)c1. The smallest absolute Gasteiger partial charge is 0.240 e. The normalized spacial score (nSPS) is 24.1. The van der Waals surface area contributed by atoms with Crippen molar-refractivity contribution in [3.63, 3.8) is 0 Å². The third-order valence-electron chi connectivity index (χ3n) is 4.74. The average molecular weight is 359 g/mol. The molecule has 4 nitrogen and oxygen atoms in total. The number of hydrogen-bond donors (Lipinski definition) is 1. The zero-order valence-electron chi connectivity index (χ0n) is 13.1. The minimum atomic E-state index is -3.62. The first-order valence-electron chi connectivity index (χ1n) is 8.11. The number of rotatable bonds is 5. The van der Waals surface area contributed by atoms with Gasteiger partial charge in [-0.2, -0.15) is 11.8 Å². The van der Waals surface area contributed by atoms with Crippen LogP contribution in [0.2, 0.25) is 0 Å². The molecule has 2 saturated heterocycles. The Hall–Kier alpha value is -0.630. The largest absolute Gasteiger partial charge is 0.300 e. The zero-order valence-corrected chi connectivity index (χ0v) is 14.7. The van der Waals surface area contributed by atoms with Crippen LogP contribution in [0.5, 0.6) is 0 Å². The molecule has 0 aliphatic carbocycles. The summed E-state index contributed by atoms with van der Waals surface area (Å²) in [4.78, 5) is 2.55. The van der Waals surface area contributed by atoms with E-state index in [-0.39, 0.29) is 4.90 Å². The Labute approximate surface area is 141 Å². The Morgan fingerprint density at radius 2 is 2.04 bits per heavy atom. The molecular formula is C16H23FN2O2S2. The number of hydrogen-bond acceptors (Lipinski definition) is 4. The summed E-state index contributed by atoms with van der Waals surface area (Å²) in [6.07, 6.45) is 3.32. The Kier molecular flexibility index (Phi) is 5.61. The highest BCUT2D eigenvalue weighted by molar-refractivity contribution is 7.99. The van der Waals surface area contributed by atoms with E-state index >= 15 is 0 Å². The summed E-state index contributed by atoms with van der Waals surface area (Å²) in [6, 6.07) is 5.86. The van der Waals surface area contributed by atoms with Gasteiger partial charge in [0.2, 0.25) is 10.0 Å². The van der Waals surface area contributed by atoms with Crippen molar-refractivity contribution < 1.29 is 12.8 Å². The molecule has 0 saturated carbocycles. The first-order valence-corrected chi connectivity index (χ1v) is 10.8. The van der Waals surface area contributed by atoms with Gasteiger partial charge in [0.25, 0.3) is 0 Å². The van der Waals surface area contributed by atoms with Crippen LogP contribution < -0.4 is 4.72 Å². The second-order valence-electron chi connectivity index (χ2n) is 6.31. The molecule has 1 N–H and O–H groups in total. The van der Waals surface area contributed by atoms with Gasteiger partial charge in [-0.15, -0.1) is 0 Å². The van der Waals surface area contributed by atoms with Crippen LogP contribution in [0.15, 0.2) is 29.2 Å². The summed E-state index contributed by atoms with van der Waals surface area (Å²) in [5, 5.41) is 0. The summed E-state index contributed by atoms with van der Waals surface area (Å²) in [5.41, 5.74) is 0. The summed E-state index contributed by atoms with van der Waals surface area (Å²) >= 11 is 2.03. The zero-order chi connectivity index (χ0) is 16.3. The molecule has 1 aromatic rings. The quantitative estimate of drug-likeness (QED) is 0.878. The van der Waals surface area contributed by atoms with E-state index in [2.05, 4.69) is 9.62 Å². The number of halogens is 1. The number of nitrogens with one attached hydrogen (secondary N) is 1. The molecule has 2 fully saturated rings. The number of piperidine rings is 1. The number of thioether (sulfide) groups is 1. The van der Waals surface area contributed by atoms with Crippen molar-refractivity contribution in [3.8, 4) is 0 Å². The molecule has 2 aliphatic rings. The summed E-state index contributed by atoms with van der Waals surface area (Å²) < 4.78 is 40.2. The van der Waals surface area contributed by atoms with Gasteiger partial charge in [0.1, 0.15) is 5.82 Å². The van der Waals surface area contributed by atoms with Crippen LogP contribution in [0.4, 0.5) is 4.39 Å². The lowest BCUT2D eigenvalue weighted by molar-refractivity contribution is 0.145. The minimum absolute atomic E-state index is 0.00193. The van der Waals surface area contributed by atoms with Crippen LogP contribution in [0.1, 0.15) is 19.3 Å². The Morgan fingerprint density at radius 3 is 2.70 bits per heavy atom. The van der Waals surface area contributed by atoms with E-state index in [4.69, 9.17) is 0 Å². The molecule has 128 valence electrons. The second-order valence-corrected chi connectivity index (χ2v) is 9.22. The molecule has 0 amide bonds. The van der Waals surface area contributed by atoms with Crippen LogP contribution >= 0.6 is 11.8 Å². The van der Waals surface area contributed by atoms with E-state index in [1.165, 1.54) is 36.1 Å². The molecule has 0 radical (unpaired) electrons. The van der Waals surface area contributed by atoms with Gasteiger partial charge in [-0.1, -0.05) is 6.07 Å². The van der Waals surface area contributed by atoms with Gasteiger partial charge in [0.05, 0.1) is 4.90 Å². The summed E-state index contributed by atoms with van der Waals surface area (Å²) in [6.45, 7) is 2.54. The first-order chi connectivity index (χ1) is 11.0. The maximum absolute atomic E-state index is 13.2. The van der Waals surface area contributed by atoms with Gasteiger partial charge in [-0.3, -0.25) is 4.90 Å². The van der Waals surface area contributed by atoms with E-state index in [0.717, 1.165) is 32.0 Å². The molecular weight excluding hydrogens is 335 g/mol. The Bertz CT molecular complexity index is 625. The summed E-state index contributed by atoms with van der Waals surface area (Å²) in [5.74, 6) is 2.33. The highest BCUT2D eigenvalue weighted by Gasteiger charge is 2.28. The van der Waals surface area contributed by atoms with Crippen LogP contribution in [-0.2, 0) is 10.0 Å². The van der Waals surface area contributed by atoms with Gasteiger partial charge in [-0.05, 0) is 62.2 Å². The molecule has 2 aliphatic heterocycles. The molecule has 3 rings (SSSR count). The van der Waals surface area contributed by atoms with Gasteiger partial charge < -0.3 is 0 Å². The topological polar surface area (TPSA) is 49.4 Å². The highest BCUT2D eigenvalue weighted by atomic mass is 32.2. The Balaban J connectivity index is 1.49. The molecule has 1 aromatic carbocycles. The second kappa shape index (κ2) is 7.51. The fraction of sp³-hybridized carbons (Fsp3) is 0.625. The van der Waals surface area contributed by atoms with Crippen molar-refractivity contribution >= 4 is 21.8 Å². The lowest BCUT2D eigenvalue weighted by atomic mass is 9.96. The van der Waals surface area contributed by atoms with Gasteiger partial charge in [-0.25, -0.2) is 17.5 Å². The predicted octanol–water partition coefficient (Wildman–Crippen LogP) is 2.32. The summed E-state index contributed by atoms with van der Waals surface area (Å²) in [7, 11) is -3.62. The van der Waals surface area contributed by atoms with Crippen molar-refractivity contribution in [2.45, 2.75) is 30.2 Å². The number of sulfonamides is 1. The van der Waals surface area contributed by atoms with E-state index in [1.807, 2.05) is 11.8 Å². The minimum Gasteiger partial charge on any atom is -0.300 e. The van der Waals surface area contributed by atoms with E-state index in [9.17, 15) is 12.8 Å². The van der Waals surface area contributed by atoms with E-state index < -0.39 is 15.8 Å². The van der Waals surface area contributed by atoms with Crippen molar-refractivity contribution in [2.75, 3.05) is 31.1 Å². The molecule has 7 heteroatoms. The van der Waals surface area contributed by atoms with Crippen molar-refractivity contribution in [2.24, 2.45) is 5.92 Å². The van der Waals surface area contributed by atoms with Crippen molar-refractivity contribution in [1.82, 2.24) is 9.62 Å². The number of nitrogens with zero attached hydrogens (tertiary/aromatic N) is 1. The first kappa shape index (κ1) is 17.2. The van der Waals surface area contributed by atoms with Crippen molar-refractivity contribution in [1.29, 1.82) is 0 Å². The fourth-order valence-electron chi connectivity index (χ4n) is 3.28. The molecule has 0 spiro atoms. The number of benzene rings is 1. The standard InChI is InChI=1S/C16H23FN2O2S2/c17-14-2-1-3-16(10-14)23(20,21)18-11-13-4-7-19(8-5-13)15-6-9-22-12-15/h1-3,10,13,15,18H,4-9,11-12H2. The van der Waals surface area contributed by atoms with E-state index in [0.29, 0.717) is 18.5 Å². The van der Waals surface area contributed by atoms with Crippen LogP contribution in [0, 0.1) is 11.7 Å². The van der Waals surface area contributed by atoms with Crippen LogP contribution in [0.25, 0.3) is 0 Å². The maximum atomic E-state index is 13.2. The molecule has 0 aromatic heterocycles. The van der Waals surface area contributed by atoms with Crippen LogP contribution in [0.3, 0.4) is 0 Å². The van der Waals surface area contributed by atoms with Gasteiger partial charge >= 0.3 is 0 Å². The maximum Gasteiger partial charge on any atom is 0.240 e. The van der Waals surface area contributed by atoms with Crippen molar-refractivity contribution in [3.05, 3.63) is 30.1 Å². The van der Waals surface area contributed by atoms with Gasteiger partial charge in [0.15, 0.2) is 0 Å². The molecule has 1 atom stereocenters.